The SMILES string of the molecule is Cc1sc2ncn(CC(=O)c3cc4ccccc4o3)c(=O)c2c1-c1ccc(Cl)cc1. The van der Waals surface area contributed by atoms with Gasteiger partial charge in [0.1, 0.15) is 10.4 Å². The van der Waals surface area contributed by atoms with E-state index in [2.05, 4.69) is 4.98 Å². The van der Waals surface area contributed by atoms with Crippen molar-refractivity contribution in [2.75, 3.05) is 0 Å². The minimum atomic E-state index is -0.283. The fourth-order valence-corrected chi connectivity index (χ4v) is 4.70. The van der Waals surface area contributed by atoms with Crippen molar-refractivity contribution in [3.8, 4) is 11.1 Å². The number of hydrogen-bond acceptors (Lipinski definition) is 5. The van der Waals surface area contributed by atoms with Gasteiger partial charge in [0.2, 0.25) is 5.78 Å². The monoisotopic (exact) mass is 434 g/mol. The maximum absolute atomic E-state index is 13.3. The lowest BCUT2D eigenvalue weighted by Gasteiger charge is -2.05. The Hall–Kier alpha value is -3.22. The van der Waals surface area contributed by atoms with Gasteiger partial charge in [-0.25, -0.2) is 4.98 Å². The number of benzene rings is 2. The van der Waals surface area contributed by atoms with E-state index in [4.69, 9.17) is 16.0 Å². The lowest BCUT2D eigenvalue weighted by Crippen LogP contribution is -2.24. The van der Waals surface area contributed by atoms with Crippen LogP contribution in [0.2, 0.25) is 5.02 Å². The summed E-state index contributed by atoms with van der Waals surface area (Å²) in [4.78, 5) is 32.1. The van der Waals surface area contributed by atoms with E-state index in [1.807, 2.05) is 37.3 Å². The lowest BCUT2D eigenvalue weighted by atomic mass is 10.0. The number of Topliss-reactive ketones (excluding diaryl/α,β-unsaturated/α-hetero) is 1. The average molecular weight is 435 g/mol. The Labute approximate surface area is 180 Å². The molecule has 0 aliphatic carbocycles. The molecule has 0 bridgehead atoms. The molecular weight excluding hydrogens is 420 g/mol. The zero-order valence-corrected chi connectivity index (χ0v) is 17.5. The molecule has 0 saturated heterocycles. The van der Waals surface area contributed by atoms with Crippen LogP contribution >= 0.6 is 22.9 Å². The Morgan fingerprint density at radius 3 is 2.70 bits per heavy atom. The Morgan fingerprint density at radius 2 is 1.93 bits per heavy atom. The number of fused-ring (bicyclic) bond motifs is 2. The van der Waals surface area contributed by atoms with Crippen molar-refractivity contribution in [2.45, 2.75) is 13.5 Å². The Balaban J connectivity index is 1.57. The Bertz CT molecular complexity index is 1450. The van der Waals surface area contributed by atoms with Crippen LogP contribution in [-0.2, 0) is 6.54 Å². The van der Waals surface area contributed by atoms with Gasteiger partial charge in [-0.3, -0.25) is 14.2 Å². The maximum atomic E-state index is 13.3. The summed E-state index contributed by atoms with van der Waals surface area (Å²) in [7, 11) is 0. The molecule has 0 radical (unpaired) electrons. The first-order valence-corrected chi connectivity index (χ1v) is 10.5. The first-order chi connectivity index (χ1) is 14.5. The van der Waals surface area contributed by atoms with Crippen molar-refractivity contribution in [1.82, 2.24) is 9.55 Å². The van der Waals surface area contributed by atoms with Crippen molar-refractivity contribution < 1.29 is 9.21 Å². The smallest absolute Gasteiger partial charge is 0.263 e. The molecular formula is C23H15ClN2O3S. The number of hydrogen-bond donors (Lipinski definition) is 0. The van der Waals surface area contributed by atoms with Crippen molar-refractivity contribution in [1.29, 1.82) is 0 Å². The van der Waals surface area contributed by atoms with Gasteiger partial charge in [0.15, 0.2) is 5.76 Å². The van der Waals surface area contributed by atoms with Crippen LogP contribution in [0, 0.1) is 6.92 Å². The number of aromatic nitrogens is 2. The molecule has 7 heteroatoms. The number of thiophene rings is 1. The van der Waals surface area contributed by atoms with Gasteiger partial charge >= 0.3 is 0 Å². The molecule has 0 fully saturated rings. The van der Waals surface area contributed by atoms with Gasteiger partial charge in [0.05, 0.1) is 18.3 Å². The summed E-state index contributed by atoms with van der Waals surface area (Å²) in [6, 6.07) is 16.5. The molecule has 3 aromatic heterocycles. The highest BCUT2D eigenvalue weighted by Gasteiger charge is 2.19. The number of rotatable bonds is 4. The molecule has 0 saturated carbocycles. The molecule has 3 heterocycles. The van der Waals surface area contributed by atoms with Crippen molar-refractivity contribution >= 4 is 49.9 Å². The van der Waals surface area contributed by atoms with Crippen LogP contribution in [0.15, 0.2) is 70.1 Å². The van der Waals surface area contributed by atoms with E-state index >= 15 is 0 Å². The molecule has 0 N–H and O–H groups in total. The van der Waals surface area contributed by atoms with E-state index in [1.165, 1.54) is 22.2 Å². The third-order valence-corrected chi connectivity index (χ3v) is 6.27. The predicted molar refractivity (Wildman–Crippen MR) is 120 cm³/mol. The van der Waals surface area contributed by atoms with Crippen LogP contribution in [0.25, 0.3) is 32.3 Å². The number of carbonyl (C=O) groups is 1. The second-order valence-corrected chi connectivity index (χ2v) is 8.61. The largest absolute Gasteiger partial charge is 0.453 e. The minimum absolute atomic E-state index is 0.142. The van der Waals surface area contributed by atoms with Crippen LogP contribution in [0.4, 0.5) is 0 Å². The van der Waals surface area contributed by atoms with E-state index in [1.54, 1.807) is 24.3 Å². The highest BCUT2D eigenvalue weighted by atomic mass is 35.5. The highest BCUT2D eigenvalue weighted by molar-refractivity contribution is 7.19. The fourth-order valence-electron chi connectivity index (χ4n) is 3.57. The van der Waals surface area contributed by atoms with Crippen LogP contribution in [-0.4, -0.2) is 15.3 Å². The normalized spacial score (nSPS) is 11.4. The molecule has 0 aliphatic rings. The van der Waals surface area contributed by atoms with Gasteiger partial charge in [-0.05, 0) is 36.8 Å². The number of nitrogens with zero attached hydrogens (tertiary/aromatic N) is 2. The van der Waals surface area contributed by atoms with Crippen LogP contribution in [0.1, 0.15) is 15.4 Å². The first kappa shape index (κ1) is 18.8. The zero-order valence-electron chi connectivity index (χ0n) is 15.9. The fraction of sp³-hybridized carbons (Fsp3) is 0.0870. The molecule has 2 aromatic carbocycles. The summed E-state index contributed by atoms with van der Waals surface area (Å²) >= 11 is 7.47. The van der Waals surface area contributed by atoms with E-state index < -0.39 is 0 Å². The van der Waals surface area contributed by atoms with Crippen molar-refractivity contribution in [3.05, 3.63) is 86.9 Å². The first-order valence-electron chi connectivity index (χ1n) is 9.27. The number of ketones is 1. The van der Waals surface area contributed by atoms with Crippen LogP contribution in [0.3, 0.4) is 0 Å². The van der Waals surface area contributed by atoms with Crippen molar-refractivity contribution in [3.63, 3.8) is 0 Å². The number of halogens is 1. The third-order valence-electron chi connectivity index (χ3n) is 5.00. The van der Waals surface area contributed by atoms with Crippen LogP contribution < -0.4 is 5.56 Å². The number of para-hydroxylation sites is 1. The van der Waals surface area contributed by atoms with Gasteiger partial charge < -0.3 is 4.42 Å². The molecule has 30 heavy (non-hydrogen) atoms. The van der Waals surface area contributed by atoms with Gasteiger partial charge in [0.25, 0.3) is 5.56 Å². The third kappa shape index (κ3) is 3.14. The van der Waals surface area contributed by atoms with E-state index in [0.717, 1.165) is 21.4 Å². The standard InChI is InChI=1S/C23H15ClN2O3S/c1-13-20(14-6-8-16(24)9-7-14)21-22(30-13)25-12-26(23(21)28)11-17(27)19-10-15-4-2-3-5-18(15)29-19/h2-10,12H,11H2,1H3. The zero-order chi connectivity index (χ0) is 20.8. The molecule has 5 rings (SSSR count). The number of furan rings is 1. The summed E-state index contributed by atoms with van der Waals surface area (Å²) in [5.74, 6) is -0.0583. The summed E-state index contributed by atoms with van der Waals surface area (Å²) in [6.45, 7) is 1.82. The van der Waals surface area contributed by atoms with Gasteiger partial charge in [-0.1, -0.05) is 41.9 Å². The molecule has 148 valence electrons. The number of carbonyl (C=O) groups excluding carboxylic acids is 1. The van der Waals surface area contributed by atoms with Gasteiger partial charge in [0, 0.05) is 20.8 Å². The minimum Gasteiger partial charge on any atom is -0.453 e. The van der Waals surface area contributed by atoms with E-state index in [-0.39, 0.29) is 23.6 Å². The predicted octanol–water partition coefficient (Wildman–Crippen LogP) is 5.72. The number of aryl methyl sites for hydroxylation is 1. The lowest BCUT2D eigenvalue weighted by molar-refractivity contribution is 0.0945. The molecule has 0 unspecified atom stereocenters. The topological polar surface area (TPSA) is 65.1 Å². The van der Waals surface area contributed by atoms with E-state index in [0.29, 0.717) is 20.8 Å². The Morgan fingerprint density at radius 1 is 1.17 bits per heavy atom. The molecule has 0 atom stereocenters. The summed E-state index contributed by atoms with van der Waals surface area (Å²) in [6.07, 6.45) is 1.42. The van der Waals surface area contributed by atoms with Crippen LogP contribution in [0.5, 0.6) is 0 Å². The molecule has 5 aromatic rings. The summed E-state index contributed by atoms with van der Waals surface area (Å²) in [5, 5.41) is 1.99. The van der Waals surface area contributed by atoms with E-state index in [9.17, 15) is 9.59 Å². The molecule has 5 nitrogen and oxygen atoms in total. The Kier molecular flexibility index (Phi) is 4.53. The van der Waals surface area contributed by atoms with Gasteiger partial charge in [-0.2, -0.15) is 0 Å². The van der Waals surface area contributed by atoms with Crippen molar-refractivity contribution in [2.24, 2.45) is 0 Å². The summed E-state index contributed by atoms with van der Waals surface area (Å²) in [5.41, 5.74) is 2.11. The molecule has 0 amide bonds. The average Bonchev–Trinajstić information content (AvgIpc) is 3.32. The maximum Gasteiger partial charge on any atom is 0.263 e. The second-order valence-electron chi connectivity index (χ2n) is 6.97. The molecule has 0 aliphatic heterocycles. The quantitative estimate of drug-likeness (QED) is 0.339. The highest BCUT2D eigenvalue weighted by Crippen LogP contribution is 2.35. The molecule has 0 spiro atoms. The second kappa shape index (κ2) is 7.23. The van der Waals surface area contributed by atoms with Gasteiger partial charge in [-0.15, -0.1) is 11.3 Å². The summed E-state index contributed by atoms with van der Waals surface area (Å²) < 4.78 is 6.98.